The van der Waals surface area contributed by atoms with E-state index in [1.807, 2.05) is 6.92 Å². The van der Waals surface area contributed by atoms with Crippen LogP contribution in [0.1, 0.15) is 12.1 Å². The zero-order chi connectivity index (χ0) is 12.3. The Bertz CT molecular complexity index is 366. The van der Waals surface area contributed by atoms with E-state index in [-0.39, 0.29) is 13.1 Å². The quantitative estimate of drug-likeness (QED) is 0.842. The molecule has 0 amide bonds. The van der Waals surface area contributed by atoms with E-state index in [9.17, 15) is 8.78 Å². The summed E-state index contributed by atoms with van der Waals surface area (Å²) in [6.07, 6.45) is 3.65. The van der Waals surface area contributed by atoms with Crippen molar-refractivity contribution in [2.75, 3.05) is 25.0 Å². The number of aromatic nitrogens is 2. The number of anilines is 1. The van der Waals surface area contributed by atoms with Gasteiger partial charge in [0.15, 0.2) is 0 Å². The molecule has 94 valence electrons. The smallest absolute Gasteiger partial charge is 0.264 e. The fourth-order valence-electron chi connectivity index (χ4n) is 1.85. The minimum Gasteiger partial charge on any atom is -0.368 e. The first-order valence-electron chi connectivity index (χ1n) is 5.69. The van der Waals surface area contributed by atoms with E-state index in [0.29, 0.717) is 18.8 Å². The van der Waals surface area contributed by atoms with Crippen LogP contribution in [0.5, 0.6) is 0 Å². The zero-order valence-corrected chi connectivity index (χ0v) is 9.71. The van der Waals surface area contributed by atoms with Crippen LogP contribution >= 0.6 is 0 Å². The number of nitrogens with zero attached hydrogens (tertiary/aromatic N) is 2. The van der Waals surface area contributed by atoms with Crippen molar-refractivity contribution in [1.82, 2.24) is 15.3 Å². The topological polar surface area (TPSA) is 49.8 Å². The number of nitrogens with one attached hydrogen (secondary N) is 2. The largest absolute Gasteiger partial charge is 0.368 e. The highest BCUT2D eigenvalue weighted by Gasteiger charge is 2.41. The maximum atomic E-state index is 13.5. The van der Waals surface area contributed by atoms with E-state index in [1.165, 1.54) is 0 Å². The van der Waals surface area contributed by atoms with Crippen LogP contribution in [-0.4, -0.2) is 35.5 Å². The van der Waals surface area contributed by atoms with Gasteiger partial charge in [-0.15, -0.1) is 0 Å². The van der Waals surface area contributed by atoms with Gasteiger partial charge in [-0.05, 0) is 19.9 Å². The second kappa shape index (κ2) is 4.91. The summed E-state index contributed by atoms with van der Waals surface area (Å²) in [5, 5.41) is 5.62. The van der Waals surface area contributed by atoms with Crippen molar-refractivity contribution in [2.45, 2.75) is 19.3 Å². The minimum absolute atomic E-state index is 0.229. The van der Waals surface area contributed by atoms with Crippen molar-refractivity contribution in [1.29, 1.82) is 0 Å². The molecule has 1 aliphatic rings. The molecule has 0 spiro atoms. The van der Waals surface area contributed by atoms with Crippen LogP contribution in [-0.2, 0) is 0 Å². The fourth-order valence-corrected chi connectivity index (χ4v) is 1.85. The van der Waals surface area contributed by atoms with Gasteiger partial charge < -0.3 is 10.6 Å². The summed E-state index contributed by atoms with van der Waals surface area (Å²) in [6, 6.07) is 0. The first kappa shape index (κ1) is 12.2. The first-order chi connectivity index (χ1) is 8.08. The van der Waals surface area contributed by atoms with Gasteiger partial charge in [-0.25, -0.2) is 13.8 Å². The van der Waals surface area contributed by atoms with Gasteiger partial charge in [-0.1, -0.05) is 0 Å². The highest BCUT2D eigenvalue weighted by molar-refractivity contribution is 5.31. The zero-order valence-electron chi connectivity index (χ0n) is 9.71. The number of alkyl halides is 2. The van der Waals surface area contributed by atoms with Gasteiger partial charge in [0.25, 0.3) is 5.92 Å². The Morgan fingerprint density at radius 3 is 2.94 bits per heavy atom. The van der Waals surface area contributed by atoms with Crippen LogP contribution in [0.3, 0.4) is 0 Å². The van der Waals surface area contributed by atoms with E-state index in [2.05, 4.69) is 20.6 Å². The van der Waals surface area contributed by atoms with Crippen molar-refractivity contribution in [2.24, 2.45) is 5.92 Å². The van der Waals surface area contributed by atoms with Crippen LogP contribution in [0.25, 0.3) is 0 Å². The van der Waals surface area contributed by atoms with Crippen molar-refractivity contribution >= 4 is 5.82 Å². The molecule has 0 aliphatic carbocycles. The molecule has 2 rings (SSSR count). The number of piperidine rings is 1. The van der Waals surface area contributed by atoms with E-state index in [4.69, 9.17) is 0 Å². The molecule has 1 aromatic heterocycles. The van der Waals surface area contributed by atoms with Gasteiger partial charge in [-0.3, -0.25) is 4.98 Å². The molecule has 0 aromatic carbocycles. The molecule has 1 saturated heterocycles. The molecule has 1 atom stereocenters. The third-order valence-corrected chi connectivity index (χ3v) is 2.94. The third-order valence-electron chi connectivity index (χ3n) is 2.94. The van der Waals surface area contributed by atoms with Gasteiger partial charge >= 0.3 is 0 Å². The van der Waals surface area contributed by atoms with E-state index in [1.54, 1.807) is 12.4 Å². The molecule has 0 unspecified atom stereocenters. The summed E-state index contributed by atoms with van der Waals surface area (Å²) in [7, 11) is 0. The number of rotatable bonds is 3. The second-order valence-corrected chi connectivity index (χ2v) is 4.35. The summed E-state index contributed by atoms with van der Waals surface area (Å²) in [5.74, 6) is -2.75. The molecule has 1 aliphatic heterocycles. The normalized spacial score (nSPS) is 23.4. The molecule has 4 nitrogen and oxygen atoms in total. The monoisotopic (exact) mass is 242 g/mol. The first-order valence-corrected chi connectivity index (χ1v) is 5.69. The van der Waals surface area contributed by atoms with E-state index < -0.39 is 11.8 Å². The Morgan fingerprint density at radius 1 is 1.47 bits per heavy atom. The van der Waals surface area contributed by atoms with Crippen molar-refractivity contribution in [3.63, 3.8) is 0 Å². The van der Waals surface area contributed by atoms with Crippen LogP contribution < -0.4 is 10.6 Å². The number of hydrogen-bond donors (Lipinski definition) is 2. The van der Waals surface area contributed by atoms with Crippen LogP contribution in [0, 0.1) is 12.8 Å². The Morgan fingerprint density at radius 2 is 2.29 bits per heavy atom. The van der Waals surface area contributed by atoms with E-state index >= 15 is 0 Å². The maximum absolute atomic E-state index is 13.5. The molecule has 6 heteroatoms. The number of hydrogen-bond acceptors (Lipinski definition) is 4. The Balaban J connectivity index is 1.91. The Hall–Kier alpha value is -1.30. The molecule has 0 radical (unpaired) electrons. The number of halogens is 2. The standard InChI is InChI=1S/C11H16F2N4/c1-8-4-16-10(6-15-8)17-5-9-2-3-14-7-11(9,12)13/h4,6,9,14H,2-3,5,7H2,1H3,(H,16,17)/t9-/m1/s1. The minimum atomic E-state index is -2.65. The van der Waals surface area contributed by atoms with Crippen LogP contribution in [0.2, 0.25) is 0 Å². The van der Waals surface area contributed by atoms with Crippen molar-refractivity contribution < 1.29 is 8.78 Å². The molecule has 0 bridgehead atoms. The predicted octanol–water partition coefficient (Wildman–Crippen LogP) is 1.44. The Labute approximate surface area is 98.9 Å². The van der Waals surface area contributed by atoms with Crippen molar-refractivity contribution in [3.05, 3.63) is 18.1 Å². The molecule has 17 heavy (non-hydrogen) atoms. The molecule has 2 heterocycles. The fraction of sp³-hybridized carbons (Fsp3) is 0.636. The summed E-state index contributed by atoms with van der Waals surface area (Å²) in [6.45, 7) is 2.46. The summed E-state index contributed by atoms with van der Waals surface area (Å²) < 4.78 is 27.0. The summed E-state index contributed by atoms with van der Waals surface area (Å²) in [5.41, 5.74) is 0.808. The second-order valence-electron chi connectivity index (χ2n) is 4.35. The lowest BCUT2D eigenvalue weighted by Gasteiger charge is -2.31. The average molecular weight is 242 g/mol. The molecule has 2 N–H and O–H groups in total. The maximum Gasteiger partial charge on any atom is 0.264 e. The van der Waals surface area contributed by atoms with Gasteiger partial charge in [-0.2, -0.15) is 0 Å². The van der Waals surface area contributed by atoms with Crippen molar-refractivity contribution in [3.8, 4) is 0 Å². The van der Waals surface area contributed by atoms with E-state index in [0.717, 1.165) is 5.69 Å². The van der Waals surface area contributed by atoms with Gasteiger partial charge in [0, 0.05) is 12.5 Å². The lowest BCUT2D eigenvalue weighted by molar-refractivity contribution is -0.0678. The van der Waals surface area contributed by atoms with Crippen LogP contribution in [0.4, 0.5) is 14.6 Å². The average Bonchev–Trinajstić information content (AvgIpc) is 2.29. The predicted molar refractivity (Wildman–Crippen MR) is 61.2 cm³/mol. The highest BCUT2D eigenvalue weighted by Crippen LogP contribution is 2.29. The molecule has 1 aromatic rings. The third kappa shape index (κ3) is 3.09. The molecular formula is C11H16F2N4. The molecule has 0 saturated carbocycles. The Kier molecular flexibility index (Phi) is 3.51. The number of aryl methyl sites for hydroxylation is 1. The lowest BCUT2D eigenvalue weighted by atomic mass is 9.94. The van der Waals surface area contributed by atoms with Gasteiger partial charge in [0.05, 0.1) is 24.6 Å². The summed E-state index contributed by atoms with van der Waals surface area (Å²) >= 11 is 0. The summed E-state index contributed by atoms with van der Waals surface area (Å²) in [4.78, 5) is 8.13. The highest BCUT2D eigenvalue weighted by atomic mass is 19.3. The van der Waals surface area contributed by atoms with Gasteiger partial charge in [0.1, 0.15) is 5.82 Å². The molecule has 1 fully saturated rings. The van der Waals surface area contributed by atoms with Gasteiger partial charge in [0.2, 0.25) is 0 Å². The lowest BCUT2D eigenvalue weighted by Crippen LogP contribution is -2.48. The molecular weight excluding hydrogens is 226 g/mol. The van der Waals surface area contributed by atoms with Crippen LogP contribution in [0.15, 0.2) is 12.4 Å². The SMILES string of the molecule is Cc1cnc(NC[C@H]2CCNCC2(F)F)cn1.